The largest absolute Gasteiger partial charge is 0.455 e. The molecule has 0 spiro atoms. The van der Waals surface area contributed by atoms with Crippen molar-refractivity contribution in [2.24, 2.45) is 46.3 Å². The zero-order valence-corrected chi connectivity index (χ0v) is 32.3. The Morgan fingerprint density at radius 3 is 1.94 bits per heavy atom. The van der Waals surface area contributed by atoms with Crippen molar-refractivity contribution in [1.29, 1.82) is 0 Å². The molecular weight excluding hydrogens is 652 g/mol. The van der Waals surface area contributed by atoms with E-state index in [1.54, 1.807) is 5.57 Å². The maximum atomic E-state index is 12.4. The number of hydrogen-bond donors (Lipinski definition) is 0. The Balaban J connectivity index is 1.38. The third-order valence-electron chi connectivity index (χ3n) is 13.0. The van der Waals surface area contributed by atoms with Gasteiger partial charge in [0, 0.05) is 27.7 Å². The normalized spacial score (nSPS) is 38.7. The van der Waals surface area contributed by atoms with Gasteiger partial charge in [-0.05, 0) is 91.3 Å². The number of carbonyl (C=O) groups is 4. The average molecular weight is 713 g/mol. The van der Waals surface area contributed by atoms with Crippen LogP contribution in [0.3, 0.4) is 0 Å². The monoisotopic (exact) mass is 712 g/mol. The molecule has 1 aliphatic heterocycles. The molecule has 0 radical (unpaired) electrons. The van der Waals surface area contributed by atoms with Crippen molar-refractivity contribution >= 4 is 23.9 Å². The maximum absolute atomic E-state index is 12.4. The fourth-order valence-corrected chi connectivity index (χ4v) is 10.0. The first-order valence-corrected chi connectivity index (χ1v) is 19.0. The minimum absolute atomic E-state index is 0.00406. The van der Waals surface area contributed by atoms with Crippen LogP contribution in [0.15, 0.2) is 35.5 Å². The third kappa shape index (κ3) is 8.17. The van der Waals surface area contributed by atoms with E-state index in [4.69, 9.17) is 28.4 Å². The van der Waals surface area contributed by atoms with Crippen molar-refractivity contribution in [3.63, 3.8) is 0 Å². The summed E-state index contributed by atoms with van der Waals surface area (Å²) in [5.41, 5.74) is 3.23. The molecular formula is C41H60O10. The van der Waals surface area contributed by atoms with Gasteiger partial charge in [0.2, 0.25) is 18.7 Å². The lowest BCUT2D eigenvalue weighted by Gasteiger charge is -2.55. The summed E-state index contributed by atoms with van der Waals surface area (Å²) in [6.07, 6.45) is 9.83. The van der Waals surface area contributed by atoms with E-state index in [9.17, 15) is 19.2 Å². The summed E-state index contributed by atoms with van der Waals surface area (Å²) >= 11 is 0. The van der Waals surface area contributed by atoms with E-state index >= 15 is 0 Å². The summed E-state index contributed by atoms with van der Waals surface area (Å²) in [5.74, 6) is 0.744. The van der Waals surface area contributed by atoms with E-state index in [1.807, 2.05) is 0 Å². The highest BCUT2D eigenvalue weighted by molar-refractivity contribution is 5.68. The molecule has 284 valence electrons. The van der Waals surface area contributed by atoms with Gasteiger partial charge in [0.05, 0.1) is 6.10 Å². The van der Waals surface area contributed by atoms with Crippen molar-refractivity contribution in [2.45, 2.75) is 151 Å². The zero-order chi connectivity index (χ0) is 37.4. The number of ether oxygens (including phenoxy) is 6. The highest BCUT2D eigenvalue weighted by Gasteiger charge is 2.58. The predicted octanol–water partition coefficient (Wildman–Crippen LogP) is 7.40. The van der Waals surface area contributed by atoms with Crippen molar-refractivity contribution < 1.29 is 47.6 Å². The van der Waals surface area contributed by atoms with Crippen LogP contribution in [0.5, 0.6) is 0 Å². The Hall–Kier alpha value is -2.98. The lowest BCUT2D eigenvalue weighted by Crippen LogP contribution is -2.63. The predicted molar refractivity (Wildman–Crippen MR) is 189 cm³/mol. The summed E-state index contributed by atoms with van der Waals surface area (Å²) in [6, 6.07) is 0. The SMILES string of the molecule is CC(=O)OC1OC(OC(C)=O)C(OC2CCC3(C)C(=CC=C4C3CCC3(C)C4CCC3C(C)/C=C/C(C)C(C)C)C2)C(OC(C)=O)C1OC(C)=O. The second kappa shape index (κ2) is 15.6. The molecule has 0 aromatic heterocycles. The molecule has 1 saturated heterocycles. The third-order valence-corrected chi connectivity index (χ3v) is 13.0. The van der Waals surface area contributed by atoms with Gasteiger partial charge in [0.25, 0.3) is 0 Å². The van der Waals surface area contributed by atoms with Crippen molar-refractivity contribution in [1.82, 2.24) is 0 Å². The second-order valence-electron chi connectivity index (χ2n) is 16.7. The minimum Gasteiger partial charge on any atom is -0.455 e. The molecule has 10 nitrogen and oxygen atoms in total. The van der Waals surface area contributed by atoms with E-state index in [2.05, 4.69) is 65.8 Å². The molecule has 0 N–H and O–H groups in total. The first kappa shape index (κ1) is 39.2. The van der Waals surface area contributed by atoms with Crippen molar-refractivity contribution in [3.05, 3.63) is 35.5 Å². The van der Waals surface area contributed by atoms with E-state index in [0.29, 0.717) is 41.9 Å². The fourth-order valence-electron chi connectivity index (χ4n) is 10.0. The molecule has 13 atom stereocenters. The van der Waals surface area contributed by atoms with Crippen LogP contribution in [-0.2, 0) is 47.6 Å². The van der Waals surface area contributed by atoms with E-state index in [-0.39, 0.29) is 16.9 Å². The van der Waals surface area contributed by atoms with Crippen molar-refractivity contribution in [2.75, 3.05) is 0 Å². The summed E-state index contributed by atoms with van der Waals surface area (Å²) in [6.45, 7) is 19.1. The van der Waals surface area contributed by atoms with Crippen LogP contribution in [-0.4, -0.2) is 60.9 Å². The quantitative estimate of drug-likeness (QED) is 0.129. The zero-order valence-electron chi connectivity index (χ0n) is 32.3. The highest BCUT2D eigenvalue weighted by atomic mass is 16.8. The minimum atomic E-state index is -1.49. The number of rotatable bonds is 10. The molecule has 3 saturated carbocycles. The molecule has 4 aliphatic carbocycles. The van der Waals surface area contributed by atoms with Crippen LogP contribution in [0.1, 0.15) is 114 Å². The number of hydrogen-bond acceptors (Lipinski definition) is 10. The highest BCUT2D eigenvalue weighted by Crippen LogP contribution is 2.66. The number of carbonyl (C=O) groups excluding carboxylic acids is 4. The van der Waals surface area contributed by atoms with Gasteiger partial charge in [-0.15, -0.1) is 0 Å². The number of esters is 4. The Bertz CT molecular complexity index is 1430. The van der Waals surface area contributed by atoms with Crippen LogP contribution in [0, 0.1) is 46.3 Å². The molecule has 5 aliphatic rings. The van der Waals surface area contributed by atoms with E-state index in [1.165, 1.54) is 52.5 Å². The van der Waals surface area contributed by atoms with Gasteiger partial charge in [0.1, 0.15) is 0 Å². The summed E-state index contributed by atoms with van der Waals surface area (Å²) < 4.78 is 34.5. The average Bonchev–Trinajstić information content (AvgIpc) is 3.39. The molecule has 13 unspecified atom stereocenters. The maximum Gasteiger partial charge on any atom is 0.305 e. The van der Waals surface area contributed by atoms with Gasteiger partial charge < -0.3 is 23.7 Å². The van der Waals surface area contributed by atoms with Crippen LogP contribution in [0.25, 0.3) is 0 Å². The number of fused-ring (bicyclic) bond motifs is 5. The second-order valence-corrected chi connectivity index (χ2v) is 16.7. The lowest BCUT2D eigenvalue weighted by molar-refractivity contribution is -0.346. The molecule has 0 aromatic rings. The van der Waals surface area contributed by atoms with Crippen molar-refractivity contribution in [3.8, 4) is 0 Å². The van der Waals surface area contributed by atoms with Crippen LogP contribution >= 0.6 is 0 Å². The fraction of sp³-hybridized carbons (Fsp3) is 0.756. The molecule has 0 aromatic carbocycles. The topological polar surface area (TPSA) is 124 Å². The molecule has 5 rings (SSSR count). The smallest absolute Gasteiger partial charge is 0.305 e. The van der Waals surface area contributed by atoms with Crippen LogP contribution in [0.2, 0.25) is 0 Å². The molecule has 0 bridgehead atoms. The Kier molecular flexibility index (Phi) is 12.0. The molecule has 10 heteroatoms. The Morgan fingerprint density at radius 1 is 0.725 bits per heavy atom. The van der Waals surface area contributed by atoms with Gasteiger partial charge in [-0.3, -0.25) is 23.9 Å². The first-order chi connectivity index (χ1) is 23.9. The van der Waals surface area contributed by atoms with Gasteiger partial charge >= 0.3 is 23.9 Å². The van der Waals surface area contributed by atoms with Gasteiger partial charge in [-0.2, -0.15) is 0 Å². The van der Waals surface area contributed by atoms with Crippen LogP contribution < -0.4 is 0 Å². The lowest BCUT2D eigenvalue weighted by atomic mass is 9.50. The standard InChI is InChI=1S/C41H60O10/c1-22(2)23(3)11-12-24(4)32-15-16-33-31-14-13-29-21-30(17-19-40(29,9)34(31)18-20-41(32,33)10)50-37-35(46-25(5)42)36(47-26(6)43)38(48-27(7)44)51-39(37)49-28(8)45/h11-14,22-24,30,32-39H,15-21H2,1-10H3/b12-11+. The molecule has 0 amide bonds. The van der Waals surface area contributed by atoms with E-state index < -0.39 is 54.8 Å². The summed E-state index contributed by atoms with van der Waals surface area (Å²) in [4.78, 5) is 48.7. The first-order valence-electron chi connectivity index (χ1n) is 19.0. The summed E-state index contributed by atoms with van der Waals surface area (Å²) in [5, 5.41) is 0. The molecule has 4 fully saturated rings. The van der Waals surface area contributed by atoms with Gasteiger partial charge in [-0.25, -0.2) is 0 Å². The summed E-state index contributed by atoms with van der Waals surface area (Å²) in [7, 11) is 0. The molecule has 1 heterocycles. The number of allylic oxidation sites excluding steroid dienone is 5. The van der Waals surface area contributed by atoms with Gasteiger partial charge in [-0.1, -0.05) is 77.0 Å². The van der Waals surface area contributed by atoms with E-state index in [0.717, 1.165) is 19.3 Å². The Morgan fingerprint density at radius 2 is 1.33 bits per heavy atom. The van der Waals surface area contributed by atoms with Gasteiger partial charge in [0.15, 0.2) is 12.2 Å². The Labute approximate surface area is 304 Å². The van der Waals surface area contributed by atoms with Crippen LogP contribution in [0.4, 0.5) is 0 Å². The molecule has 51 heavy (non-hydrogen) atoms.